The number of nitrogens with one attached hydrogen (secondary N) is 1. The van der Waals surface area contributed by atoms with Gasteiger partial charge in [0.05, 0.1) is 28.5 Å². The fourth-order valence-corrected chi connectivity index (χ4v) is 3.75. The molecule has 160 valence electrons. The van der Waals surface area contributed by atoms with E-state index in [4.69, 9.17) is 14.5 Å². The fraction of sp³-hybridized carbons (Fsp3) is 0.167. The summed E-state index contributed by atoms with van der Waals surface area (Å²) < 4.78 is 12.5. The molecule has 4 aromatic rings. The molecule has 0 atom stereocenters. The number of hydrogen-bond acceptors (Lipinski definition) is 6. The van der Waals surface area contributed by atoms with Crippen LogP contribution in [0.5, 0.6) is 11.5 Å². The first-order valence-electron chi connectivity index (χ1n) is 10.2. The van der Waals surface area contributed by atoms with Crippen LogP contribution in [-0.2, 0) is 6.54 Å². The first-order chi connectivity index (χ1) is 15.5. The predicted octanol–water partition coefficient (Wildman–Crippen LogP) is 4.30. The number of anilines is 1. The Morgan fingerprint density at radius 2 is 1.81 bits per heavy atom. The van der Waals surface area contributed by atoms with Crippen molar-refractivity contribution in [2.45, 2.75) is 20.4 Å². The first kappa shape index (κ1) is 19.7. The van der Waals surface area contributed by atoms with Gasteiger partial charge < -0.3 is 14.8 Å². The summed E-state index contributed by atoms with van der Waals surface area (Å²) in [5.74, 6) is 0.401. The van der Waals surface area contributed by atoms with Crippen molar-refractivity contribution in [2.24, 2.45) is 0 Å². The van der Waals surface area contributed by atoms with Crippen LogP contribution in [0.2, 0.25) is 0 Å². The zero-order valence-corrected chi connectivity index (χ0v) is 17.6. The SMILES string of the molecule is CCn1ncc2c(C(=O)Nc3cc4c(cc3C(C)=O)OCO4)cc(-c3ccccc3)nc21. The molecule has 0 aliphatic carbocycles. The first-order valence-corrected chi connectivity index (χ1v) is 10.2. The van der Waals surface area contributed by atoms with Crippen molar-refractivity contribution in [2.75, 3.05) is 12.1 Å². The van der Waals surface area contributed by atoms with Crippen molar-refractivity contribution in [3.8, 4) is 22.8 Å². The number of carbonyl (C=O) groups excluding carboxylic acids is 2. The van der Waals surface area contributed by atoms with E-state index in [1.54, 1.807) is 29.1 Å². The molecule has 0 unspecified atom stereocenters. The van der Waals surface area contributed by atoms with Gasteiger partial charge in [0.15, 0.2) is 22.9 Å². The van der Waals surface area contributed by atoms with Gasteiger partial charge in [-0.05, 0) is 26.0 Å². The number of aryl methyl sites for hydroxylation is 1. The number of Topliss-reactive ketones (excluding diaryl/α,β-unsaturated/α-hetero) is 1. The van der Waals surface area contributed by atoms with E-state index in [2.05, 4.69) is 10.4 Å². The van der Waals surface area contributed by atoms with Crippen molar-refractivity contribution < 1.29 is 19.1 Å². The lowest BCUT2D eigenvalue weighted by Crippen LogP contribution is -2.15. The van der Waals surface area contributed by atoms with Crippen LogP contribution in [0, 0.1) is 0 Å². The Morgan fingerprint density at radius 1 is 1.06 bits per heavy atom. The number of ketones is 1. The molecular formula is C24H20N4O4. The summed E-state index contributed by atoms with van der Waals surface area (Å²) >= 11 is 0. The van der Waals surface area contributed by atoms with Crippen molar-refractivity contribution >= 4 is 28.4 Å². The Kier molecular flexibility index (Phi) is 4.82. The number of amides is 1. The lowest BCUT2D eigenvalue weighted by Gasteiger charge is -2.12. The van der Waals surface area contributed by atoms with Crippen molar-refractivity contribution in [3.05, 3.63) is 65.9 Å². The number of pyridine rings is 1. The zero-order chi connectivity index (χ0) is 22.2. The third-order valence-electron chi connectivity index (χ3n) is 5.36. The van der Waals surface area contributed by atoms with Crippen LogP contribution in [0.1, 0.15) is 34.6 Å². The van der Waals surface area contributed by atoms with Crippen molar-refractivity contribution in [1.82, 2.24) is 14.8 Å². The number of ether oxygens (including phenoxy) is 2. The minimum Gasteiger partial charge on any atom is -0.454 e. The molecule has 5 rings (SSSR count). The smallest absolute Gasteiger partial charge is 0.256 e. The number of rotatable bonds is 5. The molecule has 32 heavy (non-hydrogen) atoms. The van der Waals surface area contributed by atoms with Crippen LogP contribution in [0.3, 0.4) is 0 Å². The van der Waals surface area contributed by atoms with Crippen LogP contribution < -0.4 is 14.8 Å². The second-order valence-electron chi connectivity index (χ2n) is 7.38. The van der Waals surface area contributed by atoms with Crippen LogP contribution in [-0.4, -0.2) is 33.2 Å². The maximum absolute atomic E-state index is 13.4. The number of benzene rings is 2. The Balaban J connectivity index is 1.61. The van der Waals surface area contributed by atoms with Crippen LogP contribution in [0.15, 0.2) is 54.7 Å². The van der Waals surface area contributed by atoms with E-state index in [1.165, 1.54) is 6.92 Å². The number of fused-ring (bicyclic) bond motifs is 2. The average Bonchev–Trinajstić information content (AvgIpc) is 3.44. The Labute approximate surface area is 183 Å². The van der Waals surface area contributed by atoms with Gasteiger partial charge in [0.25, 0.3) is 5.91 Å². The highest BCUT2D eigenvalue weighted by Gasteiger charge is 2.23. The maximum Gasteiger partial charge on any atom is 0.256 e. The van der Waals surface area contributed by atoms with Crippen LogP contribution in [0.25, 0.3) is 22.3 Å². The molecule has 2 aromatic carbocycles. The molecule has 0 saturated carbocycles. The standard InChI is InChI=1S/C24H20N4O4/c1-3-28-23-18(12-25-28)17(9-19(26-23)15-7-5-4-6-8-15)24(30)27-20-11-22-21(31-13-32-22)10-16(20)14(2)29/h4-12H,3,13H2,1-2H3,(H,27,30). The summed E-state index contributed by atoms with van der Waals surface area (Å²) in [5.41, 5.74) is 3.30. The van der Waals surface area contributed by atoms with Gasteiger partial charge in [-0.2, -0.15) is 5.10 Å². The molecule has 0 bridgehead atoms. The lowest BCUT2D eigenvalue weighted by atomic mass is 10.0. The highest BCUT2D eigenvalue weighted by molar-refractivity contribution is 6.15. The van der Waals surface area contributed by atoms with Gasteiger partial charge in [0.2, 0.25) is 6.79 Å². The summed E-state index contributed by atoms with van der Waals surface area (Å²) in [6.45, 7) is 4.10. The average molecular weight is 428 g/mol. The third-order valence-corrected chi connectivity index (χ3v) is 5.36. The van der Waals surface area contributed by atoms with E-state index in [1.807, 2.05) is 37.3 Å². The minimum absolute atomic E-state index is 0.0751. The van der Waals surface area contributed by atoms with Gasteiger partial charge in [-0.3, -0.25) is 9.59 Å². The Hall–Kier alpha value is -4.20. The van der Waals surface area contributed by atoms with E-state index < -0.39 is 0 Å². The van der Waals surface area contributed by atoms with Crippen molar-refractivity contribution in [3.63, 3.8) is 0 Å². The molecule has 0 saturated heterocycles. The normalized spacial score (nSPS) is 12.2. The number of carbonyl (C=O) groups is 2. The summed E-state index contributed by atoms with van der Waals surface area (Å²) in [6.07, 6.45) is 1.64. The monoisotopic (exact) mass is 428 g/mol. The van der Waals surface area contributed by atoms with E-state index >= 15 is 0 Å². The second kappa shape index (κ2) is 7.81. The van der Waals surface area contributed by atoms with Crippen LogP contribution >= 0.6 is 0 Å². The highest BCUT2D eigenvalue weighted by atomic mass is 16.7. The number of hydrogen-bond donors (Lipinski definition) is 1. The summed E-state index contributed by atoms with van der Waals surface area (Å²) in [4.78, 5) is 30.4. The molecule has 1 amide bonds. The Bertz CT molecular complexity index is 1360. The topological polar surface area (TPSA) is 95.3 Å². The third kappa shape index (κ3) is 3.35. The molecule has 2 aromatic heterocycles. The van der Waals surface area contributed by atoms with Gasteiger partial charge in [-0.1, -0.05) is 30.3 Å². The maximum atomic E-state index is 13.4. The summed E-state index contributed by atoms with van der Waals surface area (Å²) in [5, 5.41) is 7.88. The molecule has 8 heteroatoms. The van der Waals surface area contributed by atoms with E-state index in [0.717, 1.165) is 5.56 Å². The molecule has 3 heterocycles. The predicted molar refractivity (Wildman–Crippen MR) is 119 cm³/mol. The van der Waals surface area contributed by atoms with Gasteiger partial charge in [0.1, 0.15) is 0 Å². The molecule has 0 radical (unpaired) electrons. The largest absolute Gasteiger partial charge is 0.454 e. The number of aromatic nitrogens is 3. The highest BCUT2D eigenvalue weighted by Crippen LogP contribution is 2.37. The minimum atomic E-state index is -0.369. The van der Waals surface area contributed by atoms with Crippen molar-refractivity contribution in [1.29, 1.82) is 0 Å². The van der Waals surface area contributed by atoms with Gasteiger partial charge in [0, 0.05) is 23.7 Å². The molecule has 1 aliphatic rings. The number of nitrogens with zero attached hydrogens (tertiary/aromatic N) is 3. The van der Waals surface area contributed by atoms with E-state index in [-0.39, 0.29) is 18.5 Å². The second-order valence-corrected chi connectivity index (χ2v) is 7.38. The Morgan fingerprint density at radius 3 is 2.53 bits per heavy atom. The fourth-order valence-electron chi connectivity index (χ4n) is 3.75. The summed E-state index contributed by atoms with van der Waals surface area (Å²) in [6, 6.07) is 14.6. The van der Waals surface area contributed by atoms with Crippen LogP contribution in [0.4, 0.5) is 5.69 Å². The molecule has 1 aliphatic heterocycles. The van der Waals surface area contributed by atoms with E-state index in [0.29, 0.717) is 51.6 Å². The lowest BCUT2D eigenvalue weighted by molar-refractivity contribution is 0.101. The molecule has 1 N–H and O–H groups in total. The van der Waals surface area contributed by atoms with Gasteiger partial charge in [-0.15, -0.1) is 0 Å². The summed E-state index contributed by atoms with van der Waals surface area (Å²) in [7, 11) is 0. The molecule has 0 fully saturated rings. The molecular weight excluding hydrogens is 408 g/mol. The molecule has 8 nitrogen and oxygen atoms in total. The van der Waals surface area contributed by atoms with Gasteiger partial charge in [-0.25, -0.2) is 9.67 Å². The van der Waals surface area contributed by atoms with E-state index in [9.17, 15) is 9.59 Å². The molecule has 0 spiro atoms. The van der Waals surface area contributed by atoms with Gasteiger partial charge >= 0.3 is 0 Å². The zero-order valence-electron chi connectivity index (χ0n) is 17.6. The quantitative estimate of drug-likeness (QED) is 0.476.